The fraction of sp³-hybridized carbons (Fsp3) is 0.350. The number of aryl methyl sites for hydroxylation is 3. The van der Waals surface area contributed by atoms with Crippen molar-refractivity contribution in [1.29, 1.82) is 0 Å². The predicted octanol–water partition coefficient (Wildman–Crippen LogP) is 4.33. The number of hydrogen-bond donors (Lipinski definition) is 1. The summed E-state index contributed by atoms with van der Waals surface area (Å²) in [7, 11) is 1.58. The Bertz CT molecular complexity index is 753. The third-order valence-corrected chi connectivity index (χ3v) is 4.05. The van der Waals surface area contributed by atoms with E-state index in [1.54, 1.807) is 14.0 Å². The monoisotopic (exact) mass is 327 g/mol. The Morgan fingerprint density at radius 3 is 2.38 bits per heavy atom. The van der Waals surface area contributed by atoms with Crippen molar-refractivity contribution in [2.75, 3.05) is 12.4 Å². The molecule has 0 spiro atoms. The molecule has 1 atom stereocenters. The molecule has 0 aromatic heterocycles. The Morgan fingerprint density at radius 2 is 1.71 bits per heavy atom. The molecule has 0 saturated heterocycles. The minimum atomic E-state index is -0.616. The molecule has 0 fully saturated rings. The maximum absolute atomic E-state index is 12.5. The van der Waals surface area contributed by atoms with E-state index in [1.807, 2.05) is 52.0 Å². The molecule has 1 amide bonds. The van der Waals surface area contributed by atoms with Crippen molar-refractivity contribution in [2.45, 2.75) is 40.7 Å². The minimum absolute atomic E-state index is 0.211. The van der Waals surface area contributed by atoms with Gasteiger partial charge in [-0.25, -0.2) is 0 Å². The van der Waals surface area contributed by atoms with Crippen molar-refractivity contribution in [1.82, 2.24) is 0 Å². The average molecular weight is 327 g/mol. The van der Waals surface area contributed by atoms with Crippen molar-refractivity contribution in [3.8, 4) is 11.5 Å². The fourth-order valence-electron chi connectivity index (χ4n) is 2.52. The first-order chi connectivity index (χ1) is 11.3. The van der Waals surface area contributed by atoms with E-state index in [9.17, 15) is 4.79 Å². The average Bonchev–Trinajstić information content (AvgIpc) is 2.52. The first-order valence-electron chi connectivity index (χ1n) is 8.02. The Hall–Kier alpha value is -2.49. The number of methoxy groups -OCH3 is 1. The van der Waals surface area contributed by atoms with Gasteiger partial charge in [0.15, 0.2) is 6.10 Å². The van der Waals surface area contributed by atoms with E-state index in [2.05, 4.69) is 11.4 Å². The Morgan fingerprint density at radius 1 is 1.00 bits per heavy atom. The lowest BCUT2D eigenvalue weighted by molar-refractivity contribution is -0.122. The summed E-state index contributed by atoms with van der Waals surface area (Å²) >= 11 is 0. The van der Waals surface area contributed by atoms with Crippen molar-refractivity contribution in [3.05, 3.63) is 52.6 Å². The molecule has 0 bridgehead atoms. The lowest BCUT2D eigenvalue weighted by atomic mass is 10.1. The zero-order valence-electron chi connectivity index (χ0n) is 15.2. The van der Waals surface area contributed by atoms with Crippen molar-refractivity contribution >= 4 is 11.6 Å². The molecule has 4 nitrogen and oxygen atoms in total. The van der Waals surface area contributed by atoms with Crippen LogP contribution in [0.4, 0.5) is 5.69 Å². The van der Waals surface area contributed by atoms with E-state index >= 15 is 0 Å². The summed E-state index contributed by atoms with van der Waals surface area (Å²) in [6, 6.07) is 9.72. The van der Waals surface area contributed by atoms with Crippen LogP contribution in [0.3, 0.4) is 0 Å². The van der Waals surface area contributed by atoms with Gasteiger partial charge < -0.3 is 14.8 Å². The molecule has 2 aromatic rings. The number of anilines is 1. The van der Waals surface area contributed by atoms with Crippen LogP contribution in [0.1, 0.15) is 29.2 Å². The van der Waals surface area contributed by atoms with E-state index in [0.29, 0.717) is 11.4 Å². The quantitative estimate of drug-likeness (QED) is 0.889. The SMILES string of the molecule is COc1ccc(C)cc1NC(=O)[C@@H](C)Oc1cc(C)cc(C)c1C. The van der Waals surface area contributed by atoms with Gasteiger partial charge in [-0.1, -0.05) is 12.1 Å². The largest absolute Gasteiger partial charge is 0.495 e. The van der Waals surface area contributed by atoms with Gasteiger partial charge in [-0.15, -0.1) is 0 Å². The van der Waals surface area contributed by atoms with Crippen LogP contribution in [0.2, 0.25) is 0 Å². The molecule has 2 aromatic carbocycles. The third kappa shape index (κ3) is 4.07. The highest BCUT2D eigenvalue weighted by molar-refractivity contribution is 5.95. The van der Waals surface area contributed by atoms with Gasteiger partial charge in [-0.2, -0.15) is 0 Å². The van der Waals surface area contributed by atoms with Gasteiger partial charge in [0.05, 0.1) is 12.8 Å². The molecule has 0 aliphatic heterocycles. The number of carbonyl (C=O) groups is 1. The predicted molar refractivity (Wildman–Crippen MR) is 97.1 cm³/mol. The minimum Gasteiger partial charge on any atom is -0.495 e. The summed E-state index contributed by atoms with van der Waals surface area (Å²) in [5, 5.41) is 2.88. The van der Waals surface area contributed by atoms with Crippen LogP contribution in [0.5, 0.6) is 11.5 Å². The van der Waals surface area contributed by atoms with Crippen LogP contribution >= 0.6 is 0 Å². The second kappa shape index (κ2) is 7.39. The number of nitrogens with one attached hydrogen (secondary N) is 1. The van der Waals surface area contributed by atoms with Crippen molar-refractivity contribution in [3.63, 3.8) is 0 Å². The Labute approximate surface area is 143 Å². The first-order valence-corrected chi connectivity index (χ1v) is 8.02. The lowest BCUT2D eigenvalue weighted by Gasteiger charge is -2.19. The highest BCUT2D eigenvalue weighted by atomic mass is 16.5. The van der Waals surface area contributed by atoms with Gasteiger partial charge in [-0.3, -0.25) is 4.79 Å². The highest BCUT2D eigenvalue weighted by Gasteiger charge is 2.18. The maximum Gasteiger partial charge on any atom is 0.265 e. The molecular weight excluding hydrogens is 302 g/mol. The van der Waals surface area contributed by atoms with Gasteiger partial charge in [0, 0.05) is 0 Å². The smallest absolute Gasteiger partial charge is 0.265 e. The second-order valence-corrected chi connectivity index (χ2v) is 6.16. The van der Waals surface area contributed by atoms with Gasteiger partial charge in [0.25, 0.3) is 5.91 Å². The van der Waals surface area contributed by atoms with Gasteiger partial charge in [0.1, 0.15) is 11.5 Å². The van der Waals surface area contributed by atoms with Crippen LogP contribution < -0.4 is 14.8 Å². The summed E-state index contributed by atoms with van der Waals surface area (Å²) < 4.78 is 11.2. The Balaban J connectivity index is 2.15. The number of rotatable bonds is 5. The van der Waals surface area contributed by atoms with Crippen LogP contribution in [-0.2, 0) is 4.79 Å². The molecule has 0 saturated carbocycles. The summed E-state index contributed by atoms with van der Waals surface area (Å²) in [6.07, 6.45) is -0.616. The van der Waals surface area contributed by atoms with E-state index in [0.717, 1.165) is 28.0 Å². The summed E-state index contributed by atoms with van der Waals surface area (Å²) in [4.78, 5) is 12.5. The van der Waals surface area contributed by atoms with Crippen molar-refractivity contribution < 1.29 is 14.3 Å². The zero-order chi connectivity index (χ0) is 17.9. The van der Waals surface area contributed by atoms with E-state index < -0.39 is 6.10 Å². The molecule has 0 unspecified atom stereocenters. The molecular formula is C20H25NO3. The molecule has 0 aliphatic rings. The normalized spacial score (nSPS) is 11.8. The molecule has 0 aliphatic carbocycles. The van der Waals surface area contributed by atoms with Gasteiger partial charge >= 0.3 is 0 Å². The van der Waals surface area contributed by atoms with E-state index in [1.165, 1.54) is 0 Å². The topological polar surface area (TPSA) is 47.6 Å². The van der Waals surface area contributed by atoms with Crippen LogP contribution in [0.25, 0.3) is 0 Å². The second-order valence-electron chi connectivity index (χ2n) is 6.16. The van der Waals surface area contributed by atoms with Crippen LogP contribution in [0, 0.1) is 27.7 Å². The van der Waals surface area contributed by atoms with Crippen LogP contribution in [-0.4, -0.2) is 19.1 Å². The van der Waals surface area contributed by atoms with E-state index in [-0.39, 0.29) is 5.91 Å². The number of amides is 1. The van der Waals surface area contributed by atoms with E-state index in [4.69, 9.17) is 9.47 Å². The number of benzene rings is 2. The molecule has 2 rings (SSSR count). The van der Waals surface area contributed by atoms with Crippen LogP contribution in [0.15, 0.2) is 30.3 Å². The third-order valence-electron chi connectivity index (χ3n) is 4.05. The lowest BCUT2D eigenvalue weighted by Crippen LogP contribution is -2.30. The number of ether oxygens (including phenoxy) is 2. The molecule has 128 valence electrons. The number of hydrogen-bond acceptors (Lipinski definition) is 3. The van der Waals surface area contributed by atoms with Crippen molar-refractivity contribution in [2.24, 2.45) is 0 Å². The molecule has 4 heteroatoms. The highest BCUT2D eigenvalue weighted by Crippen LogP contribution is 2.27. The molecule has 0 heterocycles. The van der Waals surface area contributed by atoms with Gasteiger partial charge in [-0.05, 0) is 75.1 Å². The summed E-state index contributed by atoms with van der Waals surface area (Å²) in [5.41, 5.74) is 5.01. The zero-order valence-corrected chi connectivity index (χ0v) is 15.2. The van der Waals surface area contributed by atoms with Gasteiger partial charge in [0.2, 0.25) is 0 Å². The summed E-state index contributed by atoms with van der Waals surface area (Å²) in [6.45, 7) is 9.76. The molecule has 24 heavy (non-hydrogen) atoms. The molecule has 0 radical (unpaired) electrons. The fourth-order valence-corrected chi connectivity index (χ4v) is 2.52. The molecule has 1 N–H and O–H groups in total. The summed E-state index contributed by atoms with van der Waals surface area (Å²) in [5.74, 6) is 1.16. The number of carbonyl (C=O) groups excluding carboxylic acids is 1. The standard InChI is InChI=1S/C20H25NO3/c1-12-7-8-18(23-6)17(10-12)21-20(22)16(5)24-19-11-13(2)9-14(3)15(19)4/h7-11,16H,1-6H3,(H,21,22)/t16-/m1/s1. The first kappa shape index (κ1) is 17.9. The maximum atomic E-state index is 12.5. The Kier molecular flexibility index (Phi) is 5.50.